The summed E-state index contributed by atoms with van der Waals surface area (Å²) in [4.78, 5) is 17.4. The number of anilines is 1. The molecule has 1 amide bonds. The van der Waals surface area contributed by atoms with Crippen LogP contribution in [0.15, 0.2) is 48.5 Å². The summed E-state index contributed by atoms with van der Waals surface area (Å²) >= 11 is 7.27. The lowest BCUT2D eigenvalue weighted by Crippen LogP contribution is -2.11. The van der Waals surface area contributed by atoms with Gasteiger partial charge in [0.15, 0.2) is 0 Å². The van der Waals surface area contributed by atoms with Crippen molar-refractivity contribution in [3.63, 3.8) is 0 Å². The Labute approximate surface area is 155 Å². The van der Waals surface area contributed by atoms with Crippen LogP contribution in [-0.2, 0) is 6.61 Å². The lowest BCUT2D eigenvalue weighted by molar-refractivity contribution is 0.103. The van der Waals surface area contributed by atoms with Gasteiger partial charge in [0.2, 0.25) is 0 Å². The van der Waals surface area contributed by atoms with E-state index >= 15 is 0 Å². The van der Waals surface area contributed by atoms with Crippen LogP contribution < -0.4 is 10.1 Å². The molecule has 0 bridgehead atoms. The molecular weight excluding hydrogens is 356 g/mol. The number of carbonyl (C=O) groups excluding carboxylic acids is 1. The minimum atomic E-state index is -0.196. The molecule has 6 heteroatoms. The Bertz CT molecular complexity index is 891. The molecule has 0 aliphatic rings. The molecule has 0 spiro atoms. The number of ether oxygens (including phenoxy) is 1. The van der Waals surface area contributed by atoms with E-state index in [0.717, 1.165) is 10.8 Å². The van der Waals surface area contributed by atoms with Crippen LogP contribution >= 0.6 is 22.9 Å². The molecular formula is C19H17ClN2O2S. The maximum atomic E-state index is 12.4. The van der Waals surface area contributed by atoms with Crippen molar-refractivity contribution in [2.45, 2.75) is 20.5 Å². The number of halogens is 1. The third-order valence-corrected chi connectivity index (χ3v) is 4.88. The van der Waals surface area contributed by atoms with E-state index in [1.807, 2.05) is 38.1 Å². The zero-order chi connectivity index (χ0) is 17.8. The quantitative estimate of drug-likeness (QED) is 0.665. The molecule has 0 unspecified atom stereocenters. The predicted octanol–water partition coefficient (Wildman–Crippen LogP) is 5.24. The molecule has 0 saturated heterocycles. The molecule has 25 heavy (non-hydrogen) atoms. The summed E-state index contributed by atoms with van der Waals surface area (Å²) < 4.78 is 5.73. The van der Waals surface area contributed by atoms with Gasteiger partial charge in [-0.15, -0.1) is 11.3 Å². The molecule has 4 nitrogen and oxygen atoms in total. The van der Waals surface area contributed by atoms with Crippen LogP contribution in [0.2, 0.25) is 5.02 Å². The SMILES string of the molecule is Cc1ccc(OCc2nc(C)c(C(=O)Nc3cccc(Cl)c3)s2)cc1. The number of amides is 1. The number of aryl methyl sites for hydroxylation is 2. The Morgan fingerprint density at radius 1 is 1.20 bits per heavy atom. The van der Waals surface area contributed by atoms with Crippen molar-refractivity contribution in [3.05, 3.63) is 74.7 Å². The summed E-state index contributed by atoms with van der Waals surface area (Å²) in [5.41, 5.74) is 2.52. The smallest absolute Gasteiger partial charge is 0.267 e. The first-order valence-electron chi connectivity index (χ1n) is 7.74. The monoisotopic (exact) mass is 372 g/mol. The second-order valence-electron chi connectivity index (χ2n) is 5.59. The summed E-state index contributed by atoms with van der Waals surface area (Å²) in [7, 11) is 0. The summed E-state index contributed by atoms with van der Waals surface area (Å²) in [6.07, 6.45) is 0. The summed E-state index contributed by atoms with van der Waals surface area (Å²) in [5, 5.41) is 4.17. The minimum absolute atomic E-state index is 0.196. The first-order valence-corrected chi connectivity index (χ1v) is 8.93. The van der Waals surface area contributed by atoms with Gasteiger partial charge in [-0.25, -0.2) is 4.98 Å². The van der Waals surface area contributed by atoms with E-state index in [0.29, 0.717) is 27.9 Å². The van der Waals surface area contributed by atoms with Crippen LogP contribution in [0.5, 0.6) is 5.75 Å². The molecule has 0 aliphatic heterocycles. The second kappa shape index (κ2) is 7.68. The molecule has 0 atom stereocenters. The van der Waals surface area contributed by atoms with Crippen molar-refractivity contribution in [2.75, 3.05) is 5.32 Å². The Balaban J connectivity index is 1.67. The van der Waals surface area contributed by atoms with Crippen LogP contribution in [0.25, 0.3) is 0 Å². The normalized spacial score (nSPS) is 10.5. The topological polar surface area (TPSA) is 51.2 Å². The van der Waals surface area contributed by atoms with E-state index in [1.54, 1.807) is 24.3 Å². The molecule has 0 saturated carbocycles. The van der Waals surface area contributed by atoms with Crippen molar-refractivity contribution in [1.82, 2.24) is 4.98 Å². The highest BCUT2D eigenvalue weighted by atomic mass is 35.5. The number of rotatable bonds is 5. The average molecular weight is 373 g/mol. The van der Waals surface area contributed by atoms with Crippen molar-refractivity contribution < 1.29 is 9.53 Å². The van der Waals surface area contributed by atoms with Gasteiger partial charge in [-0.3, -0.25) is 4.79 Å². The van der Waals surface area contributed by atoms with Crippen LogP contribution in [0.3, 0.4) is 0 Å². The number of nitrogens with zero attached hydrogens (tertiary/aromatic N) is 1. The highest BCUT2D eigenvalue weighted by Crippen LogP contribution is 2.23. The molecule has 1 N–H and O–H groups in total. The Morgan fingerprint density at radius 2 is 1.96 bits per heavy atom. The van der Waals surface area contributed by atoms with E-state index < -0.39 is 0 Å². The van der Waals surface area contributed by atoms with Crippen molar-refractivity contribution in [1.29, 1.82) is 0 Å². The Hall–Kier alpha value is -2.37. The number of nitrogens with one attached hydrogen (secondary N) is 1. The lowest BCUT2D eigenvalue weighted by atomic mass is 10.2. The molecule has 0 aliphatic carbocycles. The van der Waals surface area contributed by atoms with Crippen molar-refractivity contribution in [2.24, 2.45) is 0 Å². The molecule has 2 aromatic carbocycles. The second-order valence-corrected chi connectivity index (χ2v) is 7.11. The fraction of sp³-hybridized carbons (Fsp3) is 0.158. The first-order chi connectivity index (χ1) is 12.0. The van der Waals surface area contributed by atoms with E-state index in [9.17, 15) is 4.79 Å². The zero-order valence-electron chi connectivity index (χ0n) is 13.9. The molecule has 1 aromatic heterocycles. The number of carbonyl (C=O) groups is 1. The fourth-order valence-electron chi connectivity index (χ4n) is 2.26. The molecule has 1 heterocycles. The van der Waals surface area contributed by atoms with Gasteiger partial charge in [-0.05, 0) is 44.2 Å². The maximum absolute atomic E-state index is 12.4. The Kier molecular flexibility index (Phi) is 5.36. The Morgan fingerprint density at radius 3 is 2.68 bits per heavy atom. The summed E-state index contributed by atoms with van der Waals surface area (Å²) in [5.74, 6) is 0.585. The average Bonchev–Trinajstić information content (AvgIpc) is 2.95. The lowest BCUT2D eigenvalue weighted by Gasteiger charge is -2.04. The number of aromatic nitrogens is 1. The highest BCUT2D eigenvalue weighted by Gasteiger charge is 2.16. The molecule has 0 radical (unpaired) electrons. The number of benzene rings is 2. The van der Waals surface area contributed by atoms with Gasteiger partial charge in [-0.1, -0.05) is 35.4 Å². The van der Waals surface area contributed by atoms with Crippen molar-refractivity contribution in [3.8, 4) is 5.75 Å². The van der Waals surface area contributed by atoms with Crippen LogP contribution in [0.1, 0.15) is 25.9 Å². The van der Waals surface area contributed by atoms with Gasteiger partial charge in [0.25, 0.3) is 5.91 Å². The van der Waals surface area contributed by atoms with Gasteiger partial charge in [-0.2, -0.15) is 0 Å². The van der Waals surface area contributed by atoms with E-state index in [1.165, 1.54) is 16.9 Å². The highest BCUT2D eigenvalue weighted by molar-refractivity contribution is 7.13. The maximum Gasteiger partial charge on any atom is 0.267 e. The molecule has 3 rings (SSSR count). The first kappa shape index (κ1) is 17.5. The van der Waals surface area contributed by atoms with Crippen LogP contribution in [-0.4, -0.2) is 10.9 Å². The molecule has 128 valence electrons. The van der Waals surface area contributed by atoms with Crippen LogP contribution in [0.4, 0.5) is 5.69 Å². The number of hydrogen-bond donors (Lipinski definition) is 1. The van der Waals surface area contributed by atoms with Gasteiger partial charge in [0.1, 0.15) is 22.2 Å². The standard InChI is InChI=1S/C19H17ClN2O2S/c1-12-6-8-16(9-7-12)24-11-17-21-13(2)18(25-17)19(23)22-15-5-3-4-14(20)10-15/h3-10H,11H2,1-2H3,(H,22,23). The van der Waals surface area contributed by atoms with E-state index in [2.05, 4.69) is 10.3 Å². The minimum Gasteiger partial charge on any atom is -0.486 e. The predicted molar refractivity (Wildman–Crippen MR) is 102 cm³/mol. The molecule has 0 fully saturated rings. The summed E-state index contributed by atoms with van der Waals surface area (Å²) in [6, 6.07) is 14.9. The third kappa shape index (κ3) is 4.59. The van der Waals surface area contributed by atoms with E-state index in [4.69, 9.17) is 16.3 Å². The van der Waals surface area contributed by atoms with Crippen LogP contribution in [0, 0.1) is 13.8 Å². The fourth-order valence-corrected chi connectivity index (χ4v) is 3.32. The third-order valence-electron chi connectivity index (χ3n) is 3.51. The zero-order valence-corrected chi connectivity index (χ0v) is 15.4. The van der Waals surface area contributed by atoms with Gasteiger partial charge < -0.3 is 10.1 Å². The van der Waals surface area contributed by atoms with Gasteiger partial charge in [0, 0.05) is 10.7 Å². The molecule has 3 aromatic rings. The number of hydrogen-bond acceptors (Lipinski definition) is 4. The van der Waals surface area contributed by atoms with E-state index in [-0.39, 0.29) is 5.91 Å². The largest absolute Gasteiger partial charge is 0.486 e. The van der Waals surface area contributed by atoms with Gasteiger partial charge in [0.05, 0.1) is 5.69 Å². The van der Waals surface area contributed by atoms with Crippen molar-refractivity contribution >= 4 is 34.5 Å². The number of thiazole rings is 1. The van der Waals surface area contributed by atoms with Gasteiger partial charge >= 0.3 is 0 Å². The summed E-state index contributed by atoms with van der Waals surface area (Å²) in [6.45, 7) is 4.18.